The molecule has 1 aliphatic rings. The Morgan fingerprint density at radius 3 is 2.00 bits per heavy atom. The summed E-state index contributed by atoms with van der Waals surface area (Å²) < 4.78 is 46.4. The Bertz CT molecular complexity index is 1180. The molecule has 182 valence electrons. The van der Waals surface area contributed by atoms with Crippen molar-refractivity contribution in [2.75, 3.05) is 13.7 Å². The number of amides is 1. The van der Waals surface area contributed by atoms with Crippen molar-refractivity contribution >= 4 is 12.1 Å². The van der Waals surface area contributed by atoms with Crippen LogP contribution < -0.4 is 4.74 Å². The van der Waals surface area contributed by atoms with E-state index in [2.05, 4.69) is 4.74 Å². The van der Waals surface area contributed by atoms with E-state index in [-0.39, 0.29) is 18.9 Å². The number of hydrogen-bond donors (Lipinski definition) is 1. The quantitative estimate of drug-likeness (QED) is 0.481. The third-order valence-electron chi connectivity index (χ3n) is 5.96. The average molecular weight is 485 g/mol. The van der Waals surface area contributed by atoms with Gasteiger partial charge in [-0.1, -0.05) is 60.7 Å². The van der Waals surface area contributed by atoms with Crippen LogP contribution in [0.2, 0.25) is 0 Å². The van der Waals surface area contributed by atoms with Gasteiger partial charge in [0.15, 0.2) is 0 Å². The second-order valence-electron chi connectivity index (χ2n) is 8.16. The molecule has 1 unspecified atom stereocenters. The van der Waals surface area contributed by atoms with E-state index in [1.54, 1.807) is 0 Å². The molecule has 0 aliphatic heterocycles. The molecule has 3 aromatic rings. The molecule has 35 heavy (non-hydrogen) atoms. The molecule has 0 aromatic heterocycles. The average Bonchev–Trinajstić information content (AvgIpc) is 3.14. The highest BCUT2D eigenvalue weighted by Crippen LogP contribution is 2.44. The number of carbonyl (C=O) groups excluding carboxylic acids is 1. The zero-order chi connectivity index (χ0) is 25.2. The second kappa shape index (κ2) is 9.69. The van der Waals surface area contributed by atoms with E-state index in [0.29, 0.717) is 5.56 Å². The molecule has 9 heteroatoms. The highest BCUT2D eigenvalue weighted by atomic mass is 19.4. The minimum atomic E-state index is -4.82. The van der Waals surface area contributed by atoms with Crippen LogP contribution in [0.5, 0.6) is 5.75 Å². The second-order valence-corrected chi connectivity index (χ2v) is 8.16. The summed E-state index contributed by atoms with van der Waals surface area (Å²) in [6.45, 7) is 0.0347. The molecule has 3 aromatic carbocycles. The number of carbonyl (C=O) groups is 2. The Kier molecular flexibility index (Phi) is 6.68. The van der Waals surface area contributed by atoms with Gasteiger partial charge in [-0.2, -0.15) is 0 Å². The van der Waals surface area contributed by atoms with Crippen molar-refractivity contribution in [2.45, 2.75) is 24.7 Å². The molecule has 4 rings (SSSR count). The van der Waals surface area contributed by atoms with Crippen molar-refractivity contribution < 1.29 is 37.3 Å². The molecule has 0 saturated carbocycles. The van der Waals surface area contributed by atoms with Crippen molar-refractivity contribution in [3.05, 3.63) is 89.5 Å². The Morgan fingerprint density at radius 2 is 1.49 bits per heavy atom. The van der Waals surface area contributed by atoms with Gasteiger partial charge in [0.05, 0.1) is 0 Å². The first kappa shape index (κ1) is 24.1. The molecule has 0 heterocycles. The van der Waals surface area contributed by atoms with Gasteiger partial charge in [-0.3, -0.25) is 4.90 Å². The fraction of sp³-hybridized carbons (Fsp3) is 0.231. The number of hydrogen-bond acceptors (Lipinski definition) is 4. The molecule has 1 atom stereocenters. The summed E-state index contributed by atoms with van der Waals surface area (Å²) in [6.07, 6.45) is -5.76. The van der Waals surface area contributed by atoms with Crippen LogP contribution in [0.1, 0.15) is 22.6 Å². The predicted molar refractivity (Wildman–Crippen MR) is 121 cm³/mol. The Balaban J connectivity index is 1.43. The number of rotatable bonds is 7. The van der Waals surface area contributed by atoms with E-state index in [4.69, 9.17) is 4.74 Å². The fourth-order valence-corrected chi connectivity index (χ4v) is 4.26. The normalized spacial score (nSPS) is 13.5. The minimum absolute atomic E-state index is 0.0347. The Hall–Kier alpha value is -4.01. The van der Waals surface area contributed by atoms with Gasteiger partial charge in [0.25, 0.3) is 0 Å². The highest BCUT2D eigenvalue weighted by Gasteiger charge is 2.33. The molecule has 1 aliphatic carbocycles. The molecule has 0 bridgehead atoms. The van der Waals surface area contributed by atoms with Gasteiger partial charge in [0, 0.05) is 19.4 Å². The van der Waals surface area contributed by atoms with E-state index >= 15 is 0 Å². The minimum Gasteiger partial charge on any atom is -0.480 e. The maximum Gasteiger partial charge on any atom is 0.573 e. The Labute approximate surface area is 199 Å². The molecule has 0 fully saturated rings. The standard InChI is InChI=1S/C26H22F3NO5/c1-30(23(24(31)32)14-16-10-12-17(13-11-16)35-26(27,28)29)25(33)34-15-22-20-8-4-2-6-18(20)19-7-3-5-9-21(19)22/h2-13,22-23H,14-15H2,1H3,(H,31,32). The SMILES string of the molecule is CN(C(=O)OCC1c2ccccc2-c2ccccc21)C(Cc1ccc(OC(F)(F)F)cc1)C(=O)O. The first-order valence-corrected chi connectivity index (χ1v) is 10.8. The molecule has 6 nitrogen and oxygen atoms in total. The van der Waals surface area contributed by atoms with Gasteiger partial charge < -0.3 is 14.6 Å². The lowest BCUT2D eigenvalue weighted by Crippen LogP contribution is -2.44. The molecule has 0 radical (unpaired) electrons. The maximum atomic E-state index is 12.8. The lowest BCUT2D eigenvalue weighted by molar-refractivity contribution is -0.274. The van der Waals surface area contributed by atoms with Gasteiger partial charge >= 0.3 is 18.4 Å². The van der Waals surface area contributed by atoms with Crippen LogP contribution >= 0.6 is 0 Å². The lowest BCUT2D eigenvalue weighted by atomic mass is 9.98. The third-order valence-corrected chi connectivity index (χ3v) is 5.96. The molecule has 0 spiro atoms. The van der Waals surface area contributed by atoms with E-state index in [0.717, 1.165) is 39.3 Å². The number of nitrogens with zero attached hydrogens (tertiary/aromatic N) is 1. The summed E-state index contributed by atoms with van der Waals surface area (Å²) in [5, 5.41) is 9.68. The van der Waals surface area contributed by atoms with Crippen LogP contribution in [0.4, 0.5) is 18.0 Å². The highest BCUT2D eigenvalue weighted by molar-refractivity contribution is 5.81. The van der Waals surface area contributed by atoms with Crippen LogP contribution in [-0.4, -0.2) is 48.1 Å². The molecule has 0 saturated heterocycles. The predicted octanol–water partition coefficient (Wildman–Crippen LogP) is 5.46. The summed E-state index contributed by atoms with van der Waals surface area (Å²) in [5.41, 5.74) is 4.61. The maximum absolute atomic E-state index is 12.8. The monoisotopic (exact) mass is 485 g/mol. The largest absolute Gasteiger partial charge is 0.573 e. The lowest BCUT2D eigenvalue weighted by Gasteiger charge is -2.25. The summed E-state index contributed by atoms with van der Waals surface area (Å²) in [4.78, 5) is 25.6. The summed E-state index contributed by atoms with van der Waals surface area (Å²) in [5.74, 6) is -1.86. The van der Waals surface area contributed by atoms with Crippen LogP contribution in [0.15, 0.2) is 72.8 Å². The van der Waals surface area contributed by atoms with Crippen molar-refractivity contribution in [3.8, 4) is 16.9 Å². The number of carboxylic acids is 1. The third kappa shape index (κ3) is 5.40. The zero-order valence-corrected chi connectivity index (χ0v) is 18.7. The topological polar surface area (TPSA) is 76.1 Å². The van der Waals surface area contributed by atoms with E-state index < -0.39 is 30.2 Å². The van der Waals surface area contributed by atoms with Crippen LogP contribution in [0.3, 0.4) is 0 Å². The Morgan fingerprint density at radius 1 is 0.943 bits per heavy atom. The fourth-order valence-electron chi connectivity index (χ4n) is 4.26. The van der Waals surface area contributed by atoms with Gasteiger partial charge in [0.2, 0.25) is 0 Å². The first-order valence-electron chi connectivity index (χ1n) is 10.8. The summed E-state index contributed by atoms with van der Waals surface area (Å²) >= 11 is 0. The van der Waals surface area contributed by atoms with Crippen LogP contribution in [-0.2, 0) is 16.0 Å². The van der Waals surface area contributed by atoms with Crippen LogP contribution in [0, 0.1) is 0 Å². The van der Waals surface area contributed by atoms with Gasteiger partial charge in [-0.25, -0.2) is 9.59 Å². The number of benzene rings is 3. The van der Waals surface area contributed by atoms with Crippen LogP contribution in [0.25, 0.3) is 11.1 Å². The van der Waals surface area contributed by atoms with Gasteiger partial charge in [-0.05, 0) is 39.9 Å². The number of halogens is 3. The number of likely N-dealkylation sites (N-methyl/N-ethyl adjacent to an activating group) is 1. The van der Waals surface area contributed by atoms with E-state index in [9.17, 15) is 27.9 Å². The van der Waals surface area contributed by atoms with E-state index in [1.165, 1.54) is 19.2 Å². The van der Waals surface area contributed by atoms with Gasteiger partial charge in [-0.15, -0.1) is 13.2 Å². The summed E-state index contributed by atoms with van der Waals surface area (Å²) in [6, 6.07) is 19.2. The van der Waals surface area contributed by atoms with Crippen molar-refractivity contribution in [1.29, 1.82) is 0 Å². The smallest absolute Gasteiger partial charge is 0.480 e. The number of carboxylic acid groups (broad SMARTS) is 1. The number of aliphatic carboxylic acids is 1. The number of fused-ring (bicyclic) bond motifs is 3. The zero-order valence-electron chi connectivity index (χ0n) is 18.7. The molecule has 1 N–H and O–H groups in total. The molecule has 1 amide bonds. The van der Waals surface area contributed by atoms with Gasteiger partial charge in [0.1, 0.15) is 18.4 Å². The van der Waals surface area contributed by atoms with E-state index in [1.807, 2.05) is 48.5 Å². The first-order chi connectivity index (χ1) is 16.6. The van der Waals surface area contributed by atoms with Crippen molar-refractivity contribution in [2.24, 2.45) is 0 Å². The molecular weight excluding hydrogens is 463 g/mol. The number of alkyl halides is 3. The molecular formula is C26H22F3NO5. The van der Waals surface area contributed by atoms with Crippen molar-refractivity contribution in [1.82, 2.24) is 4.90 Å². The summed E-state index contributed by atoms with van der Waals surface area (Å²) in [7, 11) is 1.32. The van der Waals surface area contributed by atoms with Crippen molar-refractivity contribution in [3.63, 3.8) is 0 Å². The number of ether oxygens (including phenoxy) is 2.